The monoisotopic (exact) mass is 364 g/mol. The van der Waals surface area contributed by atoms with Crippen molar-refractivity contribution in [3.05, 3.63) is 75.3 Å². The van der Waals surface area contributed by atoms with Crippen molar-refractivity contribution < 1.29 is 14.1 Å². The van der Waals surface area contributed by atoms with E-state index in [9.17, 15) is 14.9 Å². The number of anilines is 1. The molecular formula is C19H16N4O4. The number of nitro groups is 1. The van der Waals surface area contributed by atoms with Crippen molar-refractivity contribution in [1.29, 1.82) is 0 Å². The number of carbonyl (C=O) groups is 1. The number of carbonyl (C=O) groups excluding carboxylic acids is 1. The van der Waals surface area contributed by atoms with Crippen molar-refractivity contribution in [3.63, 3.8) is 0 Å². The lowest BCUT2D eigenvalue weighted by molar-refractivity contribution is -0.384. The molecule has 2 aromatic carbocycles. The van der Waals surface area contributed by atoms with Crippen LogP contribution in [0.1, 0.15) is 16.7 Å². The Labute approximate surface area is 154 Å². The van der Waals surface area contributed by atoms with Gasteiger partial charge in [-0.1, -0.05) is 11.2 Å². The molecule has 0 fully saturated rings. The molecule has 0 bridgehead atoms. The normalized spacial score (nSPS) is 10.9. The highest BCUT2D eigenvalue weighted by molar-refractivity contribution is 6.00. The lowest BCUT2D eigenvalue weighted by atomic mass is 10.1. The number of aromatic nitrogens is 2. The maximum absolute atomic E-state index is 12.0. The molecule has 0 atom stereocenters. The Hall–Kier alpha value is -3.81. The maximum Gasteiger partial charge on any atom is 0.322 e. The van der Waals surface area contributed by atoms with Crippen molar-refractivity contribution in [2.75, 3.05) is 5.32 Å². The number of hydrogen-bond acceptors (Lipinski definition) is 6. The third-order valence-electron chi connectivity index (χ3n) is 3.94. The van der Waals surface area contributed by atoms with Gasteiger partial charge in [-0.05, 0) is 60.9 Å². The zero-order valence-electron chi connectivity index (χ0n) is 14.7. The molecule has 0 radical (unpaired) electrons. The SMILES string of the molecule is Cc1ccc(-c2nnc(NC(=O)C=Cc3ccc([N+](=O)[O-])cc3)o2)cc1C. The van der Waals surface area contributed by atoms with Gasteiger partial charge in [0.1, 0.15) is 0 Å². The zero-order valence-corrected chi connectivity index (χ0v) is 14.7. The zero-order chi connectivity index (χ0) is 19.4. The van der Waals surface area contributed by atoms with Gasteiger partial charge in [-0.25, -0.2) is 0 Å². The van der Waals surface area contributed by atoms with E-state index in [1.165, 1.54) is 24.3 Å². The van der Waals surface area contributed by atoms with E-state index in [4.69, 9.17) is 4.42 Å². The van der Waals surface area contributed by atoms with Crippen LogP contribution in [0.15, 0.2) is 53.0 Å². The third kappa shape index (κ3) is 4.43. The average molecular weight is 364 g/mol. The van der Waals surface area contributed by atoms with Gasteiger partial charge in [-0.2, -0.15) is 0 Å². The molecule has 1 aromatic heterocycles. The number of hydrogen-bond donors (Lipinski definition) is 1. The van der Waals surface area contributed by atoms with Crippen molar-refractivity contribution in [3.8, 4) is 11.5 Å². The van der Waals surface area contributed by atoms with Gasteiger partial charge in [0.2, 0.25) is 5.89 Å². The summed E-state index contributed by atoms with van der Waals surface area (Å²) in [6, 6.07) is 11.6. The maximum atomic E-state index is 12.0. The van der Waals surface area contributed by atoms with Crippen molar-refractivity contribution in [2.45, 2.75) is 13.8 Å². The number of rotatable bonds is 5. The van der Waals surface area contributed by atoms with Crippen LogP contribution in [0.25, 0.3) is 17.5 Å². The van der Waals surface area contributed by atoms with E-state index >= 15 is 0 Å². The van der Waals surface area contributed by atoms with Gasteiger partial charge in [0, 0.05) is 23.8 Å². The molecule has 27 heavy (non-hydrogen) atoms. The van der Waals surface area contributed by atoms with E-state index < -0.39 is 10.8 Å². The molecule has 0 saturated heterocycles. The second-order valence-corrected chi connectivity index (χ2v) is 5.88. The van der Waals surface area contributed by atoms with Crippen LogP contribution in [0, 0.1) is 24.0 Å². The fourth-order valence-electron chi connectivity index (χ4n) is 2.29. The highest BCUT2D eigenvalue weighted by Gasteiger charge is 2.11. The van der Waals surface area contributed by atoms with Crippen LogP contribution in [0.5, 0.6) is 0 Å². The lowest BCUT2D eigenvalue weighted by Crippen LogP contribution is -2.07. The van der Waals surface area contributed by atoms with Crippen LogP contribution in [0.2, 0.25) is 0 Å². The summed E-state index contributed by atoms with van der Waals surface area (Å²) in [5, 5.41) is 20.9. The van der Waals surface area contributed by atoms with Crippen molar-refractivity contribution >= 4 is 23.7 Å². The first kappa shape index (κ1) is 18.0. The molecule has 3 aromatic rings. The minimum Gasteiger partial charge on any atom is -0.403 e. The summed E-state index contributed by atoms with van der Waals surface area (Å²) in [5.41, 5.74) is 3.66. The van der Waals surface area contributed by atoms with E-state index in [1.807, 2.05) is 32.0 Å². The number of nitro benzene ring substituents is 1. The van der Waals surface area contributed by atoms with Crippen LogP contribution < -0.4 is 5.32 Å². The van der Waals surface area contributed by atoms with E-state index in [1.54, 1.807) is 12.1 Å². The van der Waals surface area contributed by atoms with Crippen molar-refractivity contribution in [2.24, 2.45) is 0 Å². The number of nitrogens with one attached hydrogen (secondary N) is 1. The Morgan fingerprint density at radius 3 is 2.52 bits per heavy atom. The standard InChI is InChI=1S/C19H16N4O4/c1-12-3-7-15(11-13(12)2)18-21-22-19(27-18)20-17(24)10-6-14-4-8-16(9-5-14)23(25)26/h3-11H,1-2H3,(H,20,22,24). The predicted octanol–water partition coefficient (Wildman–Crippen LogP) is 3.91. The average Bonchev–Trinajstić information content (AvgIpc) is 3.11. The minimum absolute atomic E-state index is 0.0124. The Kier molecular flexibility index (Phi) is 5.07. The second kappa shape index (κ2) is 7.61. The predicted molar refractivity (Wildman–Crippen MR) is 100.0 cm³/mol. The number of non-ortho nitro benzene ring substituents is 1. The first-order valence-corrected chi connectivity index (χ1v) is 8.07. The van der Waals surface area contributed by atoms with Crippen LogP contribution in [0.3, 0.4) is 0 Å². The molecule has 1 N–H and O–H groups in total. The Balaban J connectivity index is 1.65. The summed E-state index contributed by atoms with van der Waals surface area (Å²) >= 11 is 0. The van der Waals surface area contributed by atoms with E-state index in [0.717, 1.165) is 16.7 Å². The first-order chi connectivity index (χ1) is 12.9. The second-order valence-electron chi connectivity index (χ2n) is 5.88. The lowest BCUT2D eigenvalue weighted by Gasteiger charge is -2.00. The third-order valence-corrected chi connectivity index (χ3v) is 3.94. The number of aryl methyl sites for hydroxylation is 2. The van der Waals surface area contributed by atoms with E-state index in [-0.39, 0.29) is 11.7 Å². The van der Waals surface area contributed by atoms with Gasteiger partial charge in [0.15, 0.2) is 0 Å². The molecule has 8 nitrogen and oxygen atoms in total. The van der Waals surface area contributed by atoms with Gasteiger partial charge >= 0.3 is 6.01 Å². The Bertz CT molecular complexity index is 1020. The highest BCUT2D eigenvalue weighted by atomic mass is 16.6. The van der Waals surface area contributed by atoms with E-state index in [2.05, 4.69) is 15.5 Å². The van der Waals surface area contributed by atoms with Gasteiger partial charge < -0.3 is 4.42 Å². The molecule has 0 saturated carbocycles. The fraction of sp³-hybridized carbons (Fsp3) is 0.105. The molecule has 0 spiro atoms. The quantitative estimate of drug-likeness (QED) is 0.417. The molecule has 0 aliphatic heterocycles. The summed E-state index contributed by atoms with van der Waals surface area (Å²) in [5.74, 6) is -0.142. The van der Waals surface area contributed by atoms with Gasteiger partial charge in [-0.15, -0.1) is 5.10 Å². The largest absolute Gasteiger partial charge is 0.403 e. The fourth-order valence-corrected chi connectivity index (χ4v) is 2.29. The molecule has 136 valence electrons. The summed E-state index contributed by atoms with van der Waals surface area (Å²) in [7, 11) is 0. The number of nitrogens with zero attached hydrogens (tertiary/aromatic N) is 3. The number of amides is 1. The Morgan fingerprint density at radius 1 is 1.11 bits per heavy atom. The van der Waals surface area contributed by atoms with Crippen molar-refractivity contribution in [1.82, 2.24) is 10.2 Å². The molecule has 0 unspecified atom stereocenters. The van der Waals surface area contributed by atoms with Gasteiger partial charge in [0.05, 0.1) is 4.92 Å². The summed E-state index contributed by atoms with van der Waals surface area (Å²) in [4.78, 5) is 22.1. The summed E-state index contributed by atoms with van der Waals surface area (Å²) < 4.78 is 5.47. The highest BCUT2D eigenvalue weighted by Crippen LogP contribution is 2.22. The topological polar surface area (TPSA) is 111 Å². The molecule has 1 heterocycles. The summed E-state index contributed by atoms with van der Waals surface area (Å²) in [6.07, 6.45) is 2.81. The minimum atomic E-state index is -0.483. The summed E-state index contributed by atoms with van der Waals surface area (Å²) in [6.45, 7) is 4.00. The van der Waals surface area contributed by atoms with Crippen LogP contribution in [-0.2, 0) is 4.79 Å². The van der Waals surface area contributed by atoms with E-state index in [0.29, 0.717) is 11.5 Å². The van der Waals surface area contributed by atoms with Gasteiger partial charge in [-0.3, -0.25) is 20.2 Å². The molecule has 1 amide bonds. The molecular weight excluding hydrogens is 348 g/mol. The smallest absolute Gasteiger partial charge is 0.322 e. The first-order valence-electron chi connectivity index (χ1n) is 8.07. The van der Waals surface area contributed by atoms with Crippen LogP contribution >= 0.6 is 0 Å². The molecule has 0 aliphatic rings. The number of benzene rings is 2. The molecule has 3 rings (SSSR count). The molecule has 8 heteroatoms. The molecule has 0 aliphatic carbocycles. The van der Waals surface area contributed by atoms with Gasteiger partial charge in [0.25, 0.3) is 11.6 Å². The van der Waals surface area contributed by atoms with Crippen LogP contribution in [-0.4, -0.2) is 21.0 Å². The van der Waals surface area contributed by atoms with Crippen LogP contribution in [0.4, 0.5) is 11.7 Å². The Morgan fingerprint density at radius 2 is 1.85 bits per heavy atom.